The van der Waals surface area contributed by atoms with E-state index in [0.717, 1.165) is 24.3 Å². The van der Waals surface area contributed by atoms with Gasteiger partial charge in [0.2, 0.25) is 0 Å². The molecule has 1 aromatic carbocycles. The standard InChI is InChI=1S/C17H25N3/c1-12(2)18-11-10-17-14(4)19-20(15(17)5)16-8-6-13(3)7-9-16/h6-9,12,18H,10-11H2,1-5H3. The van der Waals surface area contributed by atoms with Gasteiger partial charge in [-0.1, -0.05) is 31.5 Å². The Kier molecular flexibility index (Phi) is 4.61. The molecular formula is C17H25N3. The third-order valence-corrected chi connectivity index (χ3v) is 3.65. The minimum Gasteiger partial charge on any atom is -0.314 e. The maximum absolute atomic E-state index is 4.70. The second kappa shape index (κ2) is 6.23. The van der Waals surface area contributed by atoms with Crippen molar-refractivity contribution in [2.75, 3.05) is 6.54 Å². The van der Waals surface area contributed by atoms with Gasteiger partial charge in [-0.2, -0.15) is 5.10 Å². The number of nitrogens with one attached hydrogen (secondary N) is 1. The normalized spacial score (nSPS) is 11.3. The number of nitrogens with zero attached hydrogens (tertiary/aromatic N) is 2. The molecule has 0 bridgehead atoms. The molecule has 0 radical (unpaired) electrons. The fourth-order valence-corrected chi connectivity index (χ4v) is 2.46. The van der Waals surface area contributed by atoms with E-state index in [2.05, 4.69) is 68.9 Å². The number of rotatable bonds is 5. The van der Waals surface area contributed by atoms with Crippen molar-refractivity contribution in [3.8, 4) is 5.69 Å². The lowest BCUT2D eigenvalue weighted by Gasteiger charge is -2.09. The molecule has 0 fully saturated rings. The predicted molar refractivity (Wildman–Crippen MR) is 84.6 cm³/mol. The van der Waals surface area contributed by atoms with Gasteiger partial charge in [0.15, 0.2) is 0 Å². The largest absolute Gasteiger partial charge is 0.314 e. The second-order valence-electron chi connectivity index (χ2n) is 5.76. The Balaban J connectivity index is 2.22. The van der Waals surface area contributed by atoms with Crippen LogP contribution in [0.2, 0.25) is 0 Å². The van der Waals surface area contributed by atoms with Crippen molar-refractivity contribution < 1.29 is 0 Å². The van der Waals surface area contributed by atoms with Crippen LogP contribution < -0.4 is 5.32 Å². The van der Waals surface area contributed by atoms with Crippen LogP contribution in [0.1, 0.15) is 36.4 Å². The first kappa shape index (κ1) is 14.8. The zero-order chi connectivity index (χ0) is 14.7. The molecule has 0 amide bonds. The maximum atomic E-state index is 4.70. The number of hydrogen-bond donors (Lipinski definition) is 1. The number of hydrogen-bond acceptors (Lipinski definition) is 2. The summed E-state index contributed by atoms with van der Waals surface area (Å²) < 4.78 is 2.06. The Morgan fingerprint density at radius 1 is 1.10 bits per heavy atom. The monoisotopic (exact) mass is 271 g/mol. The van der Waals surface area contributed by atoms with Crippen LogP contribution in [0.25, 0.3) is 5.69 Å². The van der Waals surface area contributed by atoms with Gasteiger partial charge in [-0.15, -0.1) is 0 Å². The molecule has 108 valence electrons. The van der Waals surface area contributed by atoms with E-state index >= 15 is 0 Å². The summed E-state index contributed by atoms with van der Waals surface area (Å²) in [6.07, 6.45) is 1.03. The van der Waals surface area contributed by atoms with Crippen LogP contribution in [0.15, 0.2) is 24.3 Å². The second-order valence-corrected chi connectivity index (χ2v) is 5.76. The summed E-state index contributed by atoms with van der Waals surface area (Å²) in [6.45, 7) is 11.7. The molecule has 1 aromatic heterocycles. The van der Waals surface area contributed by atoms with Crippen molar-refractivity contribution in [1.82, 2.24) is 15.1 Å². The molecule has 0 aliphatic carbocycles. The van der Waals surface area contributed by atoms with Gasteiger partial charge in [0.1, 0.15) is 0 Å². The van der Waals surface area contributed by atoms with Crippen LogP contribution in [0.3, 0.4) is 0 Å². The molecule has 0 spiro atoms. The summed E-state index contributed by atoms with van der Waals surface area (Å²) in [5, 5.41) is 8.16. The molecule has 0 aliphatic rings. The van der Waals surface area contributed by atoms with Crippen LogP contribution in [0, 0.1) is 20.8 Å². The summed E-state index contributed by atoms with van der Waals surface area (Å²) in [4.78, 5) is 0. The SMILES string of the molecule is Cc1ccc(-n2nc(C)c(CCNC(C)C)c2C)cc1. The Hall–Kier alpha value is -1.61. The molecule has 1 N–H and O–H groups in total. The van der Waals surface area contributed by atoms with Gasteiger partial charge in [0.05, 0.1) is 11.4 Å². The third kappa shape index (κ3) is 3.28. The fraction of sp³-hybridized carbons (Fsp3) is 0.471. The van der Waals surface area contributed by atoms with E-state index in [-0.39, 0.29) is 0 Å². The first-order chi connectivity index (χ1) is 9.49. The first-order valence-corrected chi connectivity index (χ1v) is 7.34. The average Bonchev–Trinajstić information content (AvgIpc) is 2.67. The van der Waals surface area contributed by atoms with E-state index in [0.29, 0.717) is 6.04 Å². The minimum atomic E-state index is 0.530. The summed E-state index contributed by atoms with van der Waals surface area (Å²) in [5.41, 5.74) is 6.15. The molecule has 3 heteroatoms. The number of aromatic nitrogens is 2. The van der Waals surface area contributed by atoms with Crippen molar-refractivity contribution in [2.24, 2.45) is 0 Å². The van der Waals surface area contributed by atoms with E-state index in [1.165, 1.54) is 16.8 Å². The molecule has 0 aliphatic heterocycles. The van der Waals surface area contributed by atoms with Crippen molar-refractivity contribution in [3.05, 3.63) is 46.8 Å². The highest BCUT2D eigenvalue weighted by Gasteiger charge is 2.12. The maximum Gasteiger partial charge on any atom is 0.0649 e. The van der Waals surface area contributed by atoms with Crippen LogP contribution in [0.4, 0.5) is 0 Å². The van der Waals surface area contributed by atoms with Crippen LogP contribution in [0.5, 0.6) is 0 Å². The summed E-state index contributed by atoms with van der Waals surface area (Å²) in [7, 11) is 0. The highest BCUT2D eigenvalue weighted by atomic mass is 15.3. The van der Waals surface area contributed by atoms with Crippen LogP contribution in [-0.2, 0) is 6.42 Å². The molecule has 2 rings (SSSR count). The quantitative estimate of drug-likeness (QED) is 0.904. The van der Waals surface area contributed by atoms with E-state index < -0.39 is 0 Å². The van der Waals surface area contributed by atoms with Crippen LogP contribution in [-0.4, -0.2) is 22.4 Å². The lowest BCUT2D eigenvalue weighted by molar-refractivity contribution is 0.589. The zero-order valence-corrected chi connectivity index (χ0v) is 13.2. The van der Waals surface area contributed by atoms with Gasteiger partial charge in [-0.25, -0.2) is 4.68 Å². The zero-order valence-electron chi connectivity index (χ0n) is 13.2. The van der Waals surface area contributed by atoms with Gasteiger partial charge in [-0.05, 0) is 51.4 Å². The molecule has 0 saturated carbocycles. The Morgan fingerprint density at radius 2 is 1.75 bits per heavy atom. The van der Waals surface area contributed by atoms with E-state index in [4.69, 9.17) is 5.10 Å². The van der Waals surface area contributed by atoms with Crippen molar-refractivity contribution in [3.63, 3.8) is 0 Å². The van der Waals surface area contributed by atoms with Gasteiger partial charge < -0.3 is 5.32 Å². The highest BCUT2D eigenvalue weighted by Crippen LogP contribution is 2.18. The van der Waals surface area contributed by atoms with Crippen molar-refractivity contribution in [2.45, 2.75) is 47.1 Å². The van der Waals surface area contributed by atoms with E-state index in [1.54, 1.807) is 0 Å². The van der Waals surface area contributed by atoms with Crippen LogP contribution >= 0.6 is 0 Å². The number of benzene rings is 1. The summed E-state index contributed by atoms with van der Waals surface area (Å²) >= 11 is 0. The molecule has 0 atom stereocenters. The van der Waals surface area contributed by atoms with Crippen molar-refractivity contribution >= 4 is 0 Å². The molecule has 2 aromatic rings. The smallest absolute Gasteiger partial charge is 0.0649 e. The average molecular weight is 271 g/mol. The molecular weight excluding hydrogens is 246 g/mol. The van der Waals surface area contributed by atoms with Gasteiger partial charge in [0.25, 0.3) is 0 Å². The van der Waals surface area contributed by atoms with Gasteiger partial charge in [-0.3, -0.25) is 0 Å². The predicted octanol–water partition coefficient (Wildman–Crippen LogP) is 3.34. The number of aryl methyl sites for hydroxylation is 2. The highest BCUT2D eigenvalue weighted by molar-refractivity contribution is 5.38. The van der Waals surface area contributed by atoms with Gasteiger partial charge in [0, 0.05) is 11.7 Å². The summed E-state index contributed by atoms with van der Waals surface area (Å²) in [5.74, 6) is 0. The lowest BCUT2D eigenvalue weighted by atomic mass is 10.1. The minimum absolute atomic E-state index is 0.530. The molecule has 20 heavy (non-hydrogen) atoms. The molecule has 3 nitrogen and oxygen atoms in total. The van der Waals surface area contributed by atoms with E-state index in [9.17, 15) is 0 Å². The Morgan fingerprint density at radius 3 is 2.35 bits per heavy atom. The van der Waals surface area contributed by atoms with E-state index in [1.807, 2.05) is 0 Å². The van der Waals surface area contributed by atoms with Crippen molar-refractivity contribution in [1.29, 1.82) is 0 Å². The Bertz CT molecular complexity index is 565. The van der Waals surface area contributed by atoms with Gasteiger partial charge >= 0.3 is 0 Å². The topological polar surface area (TPSA) is 29.9 Å². The summed E-state index contributed by atoms with van der Waals surface area (Å²) in [6, 6.07) is 9.05. The molecule has 0 saturated heterocycles. The first-order valence-electron chi connectivity index (χ1n) is 7.34. The lowest BCUT2D eigenvalue weighted by Crippen LogP contribution is -2.25. The third-order valence-electron chi connectivity index (χ3n) is 3.65. The molecule has 1 heterocycles. The fourth-order valence-electron chi connectivity index (χ4n) is 2.46. The molecule has 0 unspecified atom stereocenters. The Labute approximate surface area is 122 Å².